The molecule has 1 N–H and O–H groups in total. The van der Waals surface area contributed by atoms with Gasteiger partial charge in [0.05, 0.1) is 17.8 Å². The van der Waals surface area contributed by atoms with Gasteiger partial charge in [0.15, 0.2) is 0 Å². The van der Waals surface area contributed by atoms with Gasteiger partial charge in [0, 0.05) is 17.4 Å². The molecule has 0 aliphatic carbocycles. The molecule has 0 unspecified atom stereocenters. The predicted molar refractivity (Wildman–Crippen MR) is 94.3 cm³/mol. The van der Waals surface area contributed by atoms with E-state index in [4.69, 9.17) is 14.8 Å². The lowest BCUT2D eigenvalue weighted by atomic mass is 10.1. The Bertz CT molecular complexity index is 856. The van der Waals surface area contributed by atoms with Crippen LogP contribution in [0.15, 0.2) is 54.6 Å². The number of carboxylic acids is 1. The lowest BCUT2D eigenvalue weighted by Crippen LogP contribution is -2.01. The minimum Gasteiger partial charge on any atom is -0.494 e. The number of hydrogen-bond donors (Lipinski definition) is 1. The highest BCUT2D eigenvalue weighted by atomic mass is 16.5. The monoisotopic (exact) mass is 321 g/mol. The molecular formula is C20H19NO3. The number of aryl methyl sites for hydroxylation is 1. The maximum absolute atomic E-state index is 10.5. The summed E-state index contributed by atoms with van der Waals surface area (Å²) in [5.74, 6) is -0.0617. The van der Waals surface area contributed by atoms with Gasteiger partial charge in [-0.25, -0.2) is 4.98 Å². The van der Waals surface area contributed by atoms with Gasteiger partial charge in [-0.05, 0) is 55.3 Å². The lowest BCUT2D eigenvalue weighted by Gasteiger charge is -2.08. The topological polar surface area (TPSA) is 59.4 Å². The van der Waals surface area contributed by atoms with E-state index in [0.717, 1.165) is 22.5 Å². The van der Waals surface area contributed by atoms with E-state index in [1.54, 1.807) is 0 Å². The van der Waals surface area contributed by atoms with E-state index >= 15 is 0 Å². The van der Waals surface area contributed by atoms with E-state index in [9.17, 15) is 4.79 Å². The Hall–Kier alpha value is -2.88. The molecule has 3 rings (SSSR count). The first-order valence-electron chi connectivity index (χ1n) is 7.95. The molecule has 0 atom stereocenters. The fraction of sp³-hybridized carbons (Fsp3) is 0.200. The molecule has 0 saturated heterocycles. The number of para-hydroxylation sites is 1. The van der Waals surface area contributed by atoms with E-state index in [0.29, 0.717) is 13.0 Å². The average molecular weight is 321 g/mol. The molecule has 0 amide bonds. The maximum atomic E-state index is 10.5. The third kappa shape index (κ3) is 3.71. The Kier molecular flexibility index (Phi) is 4.75. The molecule has 2 aromatic carbocycles. The molecule has 4 heteroatoms. The summed E-state index contributed by atoms with van der Waals surface area (Å²) in [6.07, 6.45) is 0.626. The summed E-state index contributed by atoms with van der Waals surface area (Å²) >= 11 is 0. The van der Waals surface area contributed by atoms with Crippen LogP contribution in [-0.2, 0) is 4.79 Å². The van der Waals surface area contributed by atoms with Crippen LogP contribution in [-0.4, -0.2) is 22.7 Å². The van der Waals surface area contributed by atoms with Gasteiger partial charge in [-0.1, -0.05) is 18.2 Å². The average Bonchev–Trinajstić information content (AvgIpc) is 2.59. The zero-order valence-electron chi connectivity index (χ0n) is 13.5. The molecule has 0 fully saturated rings. The van der Waals surface area contributed by atoms with Crippen molar-refractivity contribution < 1.29 is 14.6 Å². The molecule has 0 aliphatic heterocycles. The van der Waals surface area contributed by atoms with Crippen molar-refractivity contribution in [3.8, 4) is 17.0 Å². The summed E-state index contributed by atoms with van der Waals surface area (Å²) in [7, 11) is 0. The van der Waals surface area contributed by atoms with Crippen LogP contribution in [0.3, 0.4) is 0 Å². The van der Waals surface area contributed by atoms with Gasteiger partial charge in [-0.15, -0.1) is 0 Å². The van der Waals surface area contributed by atoms with Crippen molar-refractivity contribution in [1.29, 1.82) is 0 Å². The van der Waals surface area contributed by atoms with Crippen LogP contribution in [0.1, 0.15) is 18.4 Å². The summed E-state index contributed by atoms with van der Waals surface area (Å²) in [5, 5.41) is 9.77. The van der Waals surface area contributed by atoms with Crippen molar-refractivity contribution in [2.75, 3.05) is 6.61 Å². The first-order chi connectivity index (χ1) is 11.6. The molecule has 24 heavy (non-hydrogen) atoms. The second-order valence-electron chi connectivity index (χ2n) is 5.71. The van der Waals surface area contributed by atoms with Crippen LogP contribution < -0.4 is 4.74 Å². The quantitative estimate of drug-likeness (QED) is 0.681. The number of fused-ring (bicyclic) bond motifs is 1. The summed E-state index contributed by atoms with van der Waals surface area (Å²) < 4.78 is 5.56. The molecule has 0 spiro atoms. The summed E-state index contributed by atoms with van der Waals surface area (Å²) in [5.41, 5.74) is 4.15. The number of aromatic nitrogens is 1. The number of ether oxygens (including phenoxy) is 1. The smallest absolute Gasteiger partial charge is 0.303 e. The predicted octanol–water partition coefficient (Wildman–Crippen LogP) is 4.45. The molecule has 1 heterocycles. The van der Waals surface area contributed by atoms with Gasteiger partial charge >= 0.3 is 5.97 Å². The van der Waals surface area contributed by atoms with Crippen LogP contribution in [0.25, 0.3) is 22.2 Å². The molecule has 1 aromatic heterocycles. The number of carbonyl (C=O) groups is 1. The highest BCUT2D eigenvalue weighted by Gasteiger charge is 2.05. The Morgan fingerprint density at radius 2 is 1.88 bits per heavy atom. The molecule has 0 saturated carbocycles. The number of aliphatic carboxylic acids is 1. The highest BCUT2D eigenvalue weighted by Crippen LogP contribution is 2.25. The Balaban J connectivity index is 1.75. The van der Waals surface area contributed by atoms with Gasteiger partial charge in [-0.3, -0.25) is 4.79 Å². The Morgan fingerprint density at radius 1 is 1.12 bits per heavy atom. The van der Waals surface area contributed by atoms with Crippen molar-refractivity contribution >= 4 is 16.9 Å². The second-order valence-corrected chi connectivity index (χ2v) is 5.71. The number of nitrogens with zero attached hydrogens (tertiary/aromatic N) is 1. The Morgan fingerprint density at radius 3 is 2.62 bits per heavy atom. The second kappa shape index (κ2) is 7.13. The van der Waals surface area contributed by atoms with E-state index in [1.807, 2.05) is 42.5 Å². The normalized spacial score (nSPS) is 10.7. The molecule has 0 radical (unpaired) electrons. The fourth-order valence-electron chi connectivity index (χ4n) is 2.63. The van der Waals surface area contributed by atoms with Gasteiger partial charge in [0.2, 0.25) is 0 Å². The van der Waals surface area contributed by atoms with Crippen LogP contribution in [0.2, 0.25) is 0 Å². The van der Waals surface area contributed by atoms with Gasteiger partial charge in [0.1, 0.15) is 5.75 Å². The SMILES string of the molecule is Cc1cc(-c2ccc(OCCCC(=O)O)cc2)nc2ccccc12. The molecule has 3 aromatic rings. The standard InChI is InChI=1S/C20H19NO3/c1-14-13-19(21-18-6-3-2-5-17(14)18)15-8-10-16(11-9-15)24-12-4-7-20(22)23/h2-3,5-6,8-11,13H,4,7,12H2,1H3,(H,22,23). The lowest BCUT2D eigenvalue weighted by molar-refractivity contribution is -0.137. The third-order valence-corrected chi connectivity index (χ3v) is 3.88. The maximum Gasteiger partial charge on any atom is 0.303 e. The molecular weight excluding hydrogens is 302 g/mol. The fourth-order valence-corrected chi connectivity index (χ4v) is 2.63. The molecule has 0 bridgehead atoms. The summed E-state index contributed by atoms with van der Waals surface area (Å²) in [4.78, 5) is 15.2. The van der Waals surface area contributed by atoms with E-state index in [-0.39, 0.29) is 6.42 Å². The van der Waals surface area contributed by atoms with E-state index in [2.05, 4.69) is 19.1 Å². The van der Waals surface area contributed by atoms with Crippen molar-refractivity contribution in [1.82, 2.24) is 4.98 Å². The van der Waals surface area contributed by atoms with Gasteiger partial charge in [0.25, 0.3) is 0 Å². The van der Waals surface area contributed by atoms with Crippen molar-refractivity contribution in [3.63, 3.8) is 0 Å². The van der Waals surface area contributed by atoms with Gasteiger partial charge in [-0.2, -0.15) is 0 Å². The van der Waals surface area contributed by atoms with Crippen LogP contribution >= 0.6 is 0 Å². The van der Waals surface area contributed by atoms with Crippen molar-refractivity contribution in [2.45, 2.75) is 19.8 Å². The van der Waals surface area contributed by atoms with Gasteiger partial charge < -0.3 is 9.84 Å². The number of rotatable bonds is 6. The molecule has 0 aliphatic rings. The summed E-state index contributed by atoms with van der Waals surface area (Å²) in [6.45, 7) is 2.49. The number of pyridine rings is 1. The largest absolute Gasteiger partial charge is 0.494 e. The zero-order chi connectivity index (χ0) is 16.9. The minimum absolute atomic E-state index is 0.123. The molecule has 4 nitrogen and oxygen atoms in total. The minimum atomic E-state index is -0.799. The van der Waals surface area contributed by atoms with E-state index in [1.165, 1.54) is 10.9 Å². The van der Waals surface area contributed by atoms with Crippen molar-refractivity contribution in [2.24, 2.45) is 0 Å². The number of carboxylic acid groups (broad SMARTS) is 1. The Labute approximate surface area is 140 Å². The number of benzene rings is 2. The first kappa shape index (κ1) is 16.0. The van der Waals surface area contributed by atoms with Crippen molar-refractivity contribution in [3.05, 3.63) is 60.2 Å². The van der Waals surface area contributed by atoms with Crippen LogP contribution in [0, 0.1) is 6.92 Å². The number of hydrogen-bond acceptors (Lipinski definition) is 3. The molecule has 122 valence electrons. The summed E-state index contributed by atoms with van der Waals surface area (Å²) in [6, 6.07) is 17.9. The van der Waals surface area contributed by atoms with Crippen LogP contribution in [0.5, 0.6) is 5.75 Å². The van der Waals surface area contributed by atoms with E-state index < -0.39 is 5.97 Å². The highest BCUT2D eigenvalue weighted by molar-refractivity contribution is 5.84. The van der Waals surface area contributed by atoms with Crippen LogP contribution in [0.4, 0.5) is 0 Å². The first-order valence-corrected chi connectivity index (χ1v) is 7.95. The zero-order valence-corrected chi connectivity index (χ0v) is 13.5. The third-order valence-electron chi connectivity index (χ3n) is 3.88.